The molecule has 0 amide bonds. The molecular formula is C22H20ClN2OS+. The Morgan fingerprint density at radius 3 is 2.22 bits per heavy atom. The van der Waals surface area contributed by atoms with Gasteiger partial charge in [0.1, 0.15) is 0 Å². The van der Waals surface area contributed by atoms with Crippen molar-refractivity contribution in [2.45, 2.75) is 13.8 Å². The Bertz CT molecular complexity index is 996. The smallest absolute Gasteiger partial charge is 0.288 e. The number of nitrogens with zero attached hydrogens (tertiary/aromatic N) is 1. The van der Waals surface area contributed by atoms with Gasteiger partial charge >= 0.3 is 0 Å². The van der Waals surface area contributed by atoms with Gasteiger partial charge in [-0.1, -0.05) is 48.1 Å². The largest absolute Gasteiger partial charge is 0.502 e. The molecule has 0 aliphatic rings. The van der Waals surface area contributed by atoms with Crippen molar-refractivity contribution < 1.29 is 9.67 Å². The van der Waals surface area contributed by atoms with E-state index in [4.69, 9.17) is 23.8 Å². The van der Waals surface area contributed by atoms with Crippen molar-refractivity contribution in [2.75, 3.05) is 5.32 Å². The minimum atomic E-state index is 0.0127. The van der Waals surface area contributed by atoms with E-state index in [0.29, 0.717) is 21.3 Å². The van der Waals surface area contributed by atoms with Gasteiger partial charge in [0, 0.05) is 23.4 Å². The average molecular weight is 396 g/mol. The number of halogens is 1. The Hall–Kier alpha value is -2.69. The zero-order chi connectivity index (χ0) is 19.4. The molecule has 0 fully saturated rings. The molecule has 0 aliphatic carbocycles. The number of pyridine rings is 1. The molecule has 0 atom stereocenters. The lowest BCUT2D eigenvalue weighted by atomic mass is 10.1. The molecule has 5 heteroatoms. The maximum atomic E-state index is 11.0. The standard InChI is InChI=1S/C22H19ClN2OS/c1-15-12-16(2)14-17(13-15)24-22(27)20(25-10-6-3-7-11-25)21(26)18-8-4-5-9-19(18)23/h3-14H,1-2H3,(H-,24,26,27)/p+1. The van der Waals surface area contributed by atoms with E-state index < -0.39 is 0 Å². The highest BCUT2D eigenvalue weighted by Gasteiger charge is 2.24. The molecule has 136 valence electrons. The molecule has 1 aromatic heterocycles. The molecule has 0 spiro atoms. The van der Waals surface area contributed by atoms with Crippen LogP contribution in [-0.2, 0) is 0 Å². The molecular weight excluding hydrogens is 376 g/mol. The fourth-order valence-corrected chi connectivity index (χ4v) is 3.46. The number of aromatic nitrogens is 1. The summed E-state index contributed by atoms with van der Waals surface area (Å²) in [6.07, 6.45) is 3.66. The summed E-state index contributed by atoms with van der Waals surface area (Å²) in [6, 6.07) is 18.9. The van der Waals surface area contributed by atoms with Gasteiger partial charge in [-0.05, 0) is 49.2 Å². The van der Waals surface area contributed by atoms with E-state index in [1.807, 2.05) is 68.7 Å². The minimum Gasteiger partial charge on any atom is -0.502 e. The van der Waals surface area contributed by atoms with Crippen LogP contribution in [0.25, 0.3) is 11.5 Å². The van der Waals surface area contributed by atoms with Gasteiger partial charge in [-0.25, -0.2) is 0 Å². The van der Waals surface area contributed by atoms with Crippen LogP contribution >= 0.6 is 23.8 Å². The second kappa shape index (κ2) is 8.33. The van der Waals surface area contributed by atoms with Gasteiger partial charge in [-0.15, -0.1) is 0 Å². The van der Waals surface area contributed by atoms with Crippen molar-refractivity contribution in [2.24, 2.45) is 0 Å². The van der Waals surface area contributed by atoms with E-state index in [-0.39, 0.29) is 5.76 Å². The summed E-state index contributed by atoms with van der Waals surface area (Å²) in [4.78, 5) is 0.397. The SMILES string of the molecule is Cc1cc(C)cc(NC(=S)C(=C(O)c2ccccc2Cl)[n+]2ccccc2)c1. The molecule has 0 saturated heterocycles. The van der Waals surface area contributed by atoms with Crippen LogP contribution in [0.2, 0.25) is 5.02 Å². The van der Waals surface area contributed by atoms with E-state index in [9.17, 15) is 5.11 Å². The van der Waals surface area contributed by atoms with Crippen molar-refractivity contribution in [3.05, 3.63) is 94.8 Å². The number of aliphatic hydroxyl groups excluding tert-OH is 1. The second-order valence-corrected chi connectivity index (χ2v) is 7.11. The summed E-state index contributed by atoms with van der Waals surface area (Å²) in [7, 11) is 0. The number of aliphatic hydroxyl groups is 1. The molecule has 0 bridgehead atoms. The van der Waals surface area contributed by atoms with Gasteiger partial charge in [0.2, 0.25) is 5.76 Å². The first-order valence-electron chi connectivity index (χ1n) is 8.50. The van der Waals surface area contributed by atoms with E-state index in [1.165, 1.54) is 0 Å². The van der Waals surface area contributed by atoms with Crippen molar-refractivity contribution in [1.82, 2.24) is 0 Å². The molecule has 0 saturated carbocycles. The number of hydrogen-bond donors (Lipinski definition) is 2. The van der Waals surface area contributed by atoms with E-state index >= 15 is 0 Å². The predicted octanol–water partition coefficient (Wildman–Crippen LogP) is 5.57. The van der Waals surface area contributed by atoms with Gasteiger partial charge in [0.25, 0.3) is 5.70 Å². The summed E-state index contributed by atoms with van der Waals surface area (Å²) in [6.45, 7) is 4.07. The Morgan fingerprint density at radius 2 is 1.59 bits per heavy atom. The first kappa shape index (κ1) is 19.1. The van der Waals surface area contributed by atoms with Crippen LogP contribution in [0.15, 0.2) is 73.1 Å². The van der Waals surface area contributed by atoms with Crippen LogP contribution in [0.3, 0.4) is 0 Å². The summed E-state index contributed by atoms with van der Waals surface area (Å²) in [5.41, 5.74) is 4.12. The molecule has 1 heterocycles. The zero-order valence-corrected chi connectivity index (χ0v) is 16.7. The molecule has 3 aromatic rings. The summed E-state index contributed by atoms with van der Waals surface area (Å²) < 4.78 is 1.77. The second-order valence-electron chi connectivity index (χ2n) is 6.29. The third-order valence-corrected chi connectivity index (χ3v) is 4.65. The first-order valence-corrected chi connectivity index (χ1v) is 9.29. The number of benzene rings is 2. The van der Waals surface area contributed by atoms with Crippen LogP contribution in [0.1, 0.15) is 16.7 Å². The molecule has 2 aromatic carbocycles. The number of rotatable bonds is 4. The van der Waals surface area contributed by atoms with Gasteiger partial charge in [-0.2, -0.15) is 4.57 Å². The normalized spacial score (nSPS) is 11.7. The lowest BCUT2D eigenvalue weighted by molar-refractivity contribution is -0.575. The lowest BCUT2D eigenvalue weighted by Crippen LogP contribution is -2.38. The molecule has 3 rings (SSSR count). The highest BCUT2D eigenvalue weighted by molar-refractivity contribution is 7.81. The van der Waals surface area contributed by atoms with Crippen LogP contribution < -0.4 is 9.88 Å². The number of thiocarbonyl (C=S) groups is 1. The molecule has 0 aliphatic heterocycles. The Labute approximate surface area is 169 Å². The Balaban J connectivity index is 2.09. The minimum absolute atomic E-state index is 0.0127. The number of hydrogen-bond acceptors (Lipinski definition) is 2. The first-order chi connectivity index (χ1) is 13.0. The third-order valence-electron chi connectivity index (χ3n) is 4.02. The fraction of sp³-hybridized carbons (Fsp3) is 0.0909. The Kier molecular flexibility index (Phi) is 5.89. The Morgan fingerprint density at radius 1 is 0.963 bits per heavy atom. The molecule has 27 heavy (non-hydrogen) atoms. The number of aryl methyl sites for hydroxylation is 2. The van der Waals surface area contributed by atoms with Crippen LogP contribution in [0.5, 0.6) is 0 Å². The van der Waals surface area contributed by atoms with Crippen LogP contribution in [0, 0.1) is 13.8 Å². The number of nitrogens with one attached hydrogen (secondary N) is 1. The van der Waals surface area contributed by atoms with E-state index in [1.54, 1.807) is 16.7 Å². The van der Waals surface area contributed by atoms with Gasteiger partial charge in [0.15, 0.2) is 17.4 Å². The summed E-state index contributed by atoms with van der Waals surface area (Å²) >= 11 is 11.9. The molecule has 3 nitrogen and oxygen atoms in total. The van der Waals surface area contributed by atoms with Crippen LogP contribution in [0.4, 0.5) is 5.69 Å². The van der Waals surface area contributed by atoms with Crippen molar-refractivity contribution in [3.8, 4) is 0 Å². The van der Waals surface area contributed by atoms with Crippen molar-refractivity contribution in [3.63, 3.8) is 0 Å². The fourth-order valence-electron chi connectivity index (χ4n) is 2.91. The molecule has 2 N–H and O–H groups in total. The van der Waals surface area contributed by atoms with E-state index in [2.05, 4.69) is 11.4 Å². The predicted molar refractivity (Wildman–Crippen MR) is 116 cm³/mol. The van der Waals surface area contributed by atoms with Gasteiger partial charge in [-0.3, -0.25) is 0 Å². The van der Waals surface area contributed by atoms with Gasteiger partial charge < -0.3 is 10.4 Å². The zero-order valence-electron chi connectivity index (χ0n) is 15.1. The molecule has 0 radical (unpaired) electrons. The summed E-state index contributed by atoms with van der Waals surface area (Å²) in [5.74, 6) is 0.0127. The highest BCUT2D eigenvalue weighted by atomic mass is 35.5. The van der Waals surface area contributed by atoms with Gasteiger partial charge in [0.05, 0.1) is 5.02 Å². The maximum absolute atomic E-state index is 11.0. The number of anilines is 1. The quantitative estimate of drug-likeness (QED) is 0.262. The third kappa shape index (κ3) is 4.54. The maximum Gasteiger partial charge on any atom is 0.288 e. The van der Waals surface area contributed by atoms with Crippen molar-refractivity contribution in [1.29, 1.82) is 0 Å². The topological polar surface area (TPSA) is 36.1 Å². The van der Waals surface area contributed by atoms with Crippen LogP contribution in [-0.4, -0.2) is 10.1 Å². The molecule has 0 unspecified atom stereocenters. The van der Waals surface area contributed by atoms with E-state index in [0.717, 1.165) is 16.8 Å². The van der Waals surface area contributed by atoms with Crippen molar-refractivity contribution >= 4 is 46.0 Å². The highest BCUT2D eigenvalue weighted by Crippen LogP contribution is 2.25. The lowest BCUT2D eigenvalue weighted by Gasteiger charge is -2.12. The monoisotopic (exact) mass is 395 g/mol. The average Bonchev–Trinajstić information content (AvgIpc) is 2.62. The summed E-state index contributed by atoms with van der Waals surface area (Å²) in [5, 5.41) is 14.7.